The minimum absolute atomic E-state index is 0.179. The van der Waals surface area contributed by atoms with Crippen LogP contribution in [0.2, 0.25) is 0 Å². The van der Waals surface area contributed by atoms with Gasteiger partial charge in [0.25, 0.3) is 5.91 Å². The van der Waals surface area contributed by atoms with Crippen molar-refractivity contribution in [1.82, 2.24) is 0 Å². The van der Waals surface area contributed by atoms with Crippen molar-refractivity contribution >= 4 is 17.6 Å². The van der Waals surface area contributed by atoms with Gasteiger partial charge in [-0.2, -0.15) is 0 Å². The maximum atomic E-state index is 12.4. The van der Waals surface area contributed by atoms with Crippen LogP contribution in [0.3, 0.4) is 0 Å². The number of methoxy groups -OCH3 is 1. The van der Waals surface area contributed by atoms with Gasteiger partial charge in [0.15, 0.2) is 0 Å². The number of hydrogen-bond acceptors (Lipinski definition) is 3. The molecule has 0 unspecified atom stereocenters. The van der Waals surface area contributed by atoms with Gasteiger partial charge >= 0.3 is 5.97 Å². The van der Waals surface area contributed by atoms with Crippen molar-refractivity contribution in [2.45, 2.75) is 0 Å². The summed E-state index contributed by atoms with van der Waals surface area (Å²) in [6.45, 7) is 0. The maximum Gasteiger partial charge on any atom is 0.339 e. The van der Waals surface area contributed by atoms with Gasteiger partial charge in [-0.05, 0) is 24.3 Å². The van der Waals surface area contributed by atoms with Crippen molar-refractivity contribution in [2.24, 2.45) is 0 Å². The van der Waals surface area contributed by atoms with E-state index in [1.165, 1.54) is 12.0 Å². The molecule has 2 aromatic rings. The zero-order valence-corrected chi connectivity index (χ0v) is 11.4. The van der Waals surface area contributed by atoms with Gasteiger partial charge in [0, 0.05) is 12.6 Å². The Morgan fingerprint density at radius 3 is 2.20 bits per heavy atom. The van der Waals surface area contributed by atoms with Crippen molar-refractivity contribution in [2.75, 3.05) is 19.1 Å². The lowest BCUT2D eigenvalue weighted by Gasteiger charge is -2.19. The number of carbonyl (C=O) groups is 2. The van der Waals surface area contributed by atoms with Crippen LogP contribution in [-0.4, -0.2) is 26.0 Å². The van der Waals surface area contributed by atoms with Crippen LogP contribution in [0.15, 0.2) is 54.6 Å². The molecule has 2 aromatic carbocycles. The Hall–Kier alpha value is -2.62. The van der Waals surface area contributed by atoms with Crippen LogP contribution in [0.4, 0.5) is 5.69 Å². The van der Waals surface area contributed by atoms with Gasteiger partial charge in [-0.3, -0.25) is 4.79 Å². The average Bonchev–Trinajstić information content (AvgIpc) is 2.53. The molecule has 20 heavy (non-hydrogen) atoms. The fraction of sp³-hybridized carbons (Fsp3) is 0.125. The maximum absolute atomic E-state index is 12.4. The first-order chi connectivity index (χ1) is 9.65. The van der Waals surface area contributed by atoms with E-state index in [2.05, 4.69) is 0 Å². The van der Waals surface area contributed by atoms with Gasteiger partial charge in [0.05, 0.1) is 18.4 Å². The number of anilines is 1. The molecule has 4 nitrogen and oxygen atoms in total. The molecule has 0 saturated heterocycles. The molecule has 0 fully saturated rings. The summed E-state index contributed by atoms with van der Waals surface area (Å²) in [7, 11) is 2.95. The third-order valence-electron chi connectivity index (χ3n) is 3.00. The number of rotatable bonds is 3. The van der Waals surface area contributed by atoms with E-state index in [0.29, 0.717) is 16.8 Å². The molecule has 0 saturated carbocycles. The van der Waals surface area contributed by atoms with Crippen LogP contribution in [0.5, 0.6) is 0 Å². The van der Waals surface area contributed by atoms with Crippen molar-refractivity contribution in [3.8, 4) is 0 Å². The molecular weight excluding hydrogens is 254 g/mol. The number of benzene rings is 2. The summed E-state index contributed by atoms with van der Waals surface area (Å²) < 4.78 is 4.74. The highest BCUT2D eigenvalue weighted by Crippen LogP contribution is 2.21. The lowest BCUT2D eigenvalue weighted by Crippen LogP contribution is -2.28. The molecule has 0 heterocycles. The topological polar surface area (TPSA) is 46.6 Å². The first-order valence-corrected chi connectivity index (χ1v) is 6.15. The minimum atomic E-state index is -0.465. The quantitative estimate of drug-likeness (QED) is 0.805. The Kier molecular flexibility index (Phi) is 4.15. The highest BCUT2D eigenvalue weighted by molar-refractivity contribution is 6.09. The molecule has 0 radical (unpaired) electrons. The molecule has 0 aliphatic rings. The van der Waals surface area contributed by atoms with E-state index in [1.807, 2.05) is 6.07 Å². The largest absolute Gasteiger partial charge is 0.465 e. The van der Waals surface area contributed by atoms with E-state index >= 15 is 0 Å². The molecule has 2 rings (SSSR count). The van der Waals surface area contributed by atoms with Crippen LogP contribution in [0.25, 0.3) is 0 Å². The van der Waals surface area contributed by atoms with Crippen LogP contribution < -0.4 is 4.90 Å². The Morgan fingerprint density at radius 2 is 1.55 bits per heavy atom. The number of esters is 1. The molecule has 102 valence electrons. The van der Waals surface area contributed by atoms with Crippen LogP contribution >= 0.6 is 0 Å². The summed E-state index contributed by atoms with van der Waals surface area (Å²) in [6, 6.07) is 15.8. The highest BCUT2D eigenvalue weighted by atomic mass is 16.5. The number of amides is 1. The van der Waals surface area contributed by atoms with E-state index in [0.717, 1.165) is 0 Å². The normalized spacial score (nSPS) is 9.90. The first-order valence-electron chi connectivity index (χ1n) is 6.15. The highest BCUT2D eigenvalue weighted by Gasteiger charge is 2.19. The van der Waals surface area contributed by atoms with Gasteiger partial charge < -0.3 is 9.64 Å². The molecule has 0 spiro atoms. The molecule has 0 bridgehead atoms. The monoisotopic (exact) mass is 269 g/mol. The number of nitrogens with zero attached hydrogens (tertiary/aromatic N) is 1. The van der Waals surface area contributed by atoms with E-state index < -0.39 is 5.97 Å². The predicted molar refractivity (Wildman–Crippen MR) is 77.0 cm³/mol. The van der Waals surface area contributed by atoms with Crippen LogP contribution in [-0.2, 0) is 4.74 Å². The van der Waals surface area contributed by atoms with E-state index in [4.69, 9.17) is 4.74 Å². The van der Waals surface area contributed by atoms with Crippen LogP contribution in [0, 0.1) is 0 Å². The minimum Gasteiger partial charge on any atom is -0.465 e. The standard InChI is InChI=1S/C16H15NO3/c1-17(15(18)12-8-4-3-5-9-12)14-11-7-6-10-13(14)16(19)20-2/h3-11H,1-2H3. The van der Waals surface area contributed by atoms with Gasteiger partial charge in [0.2, 0.25) is 0 Å². The van der Waals surface area contributed by atoms with Gasteiger partial charge in [-0.1, -0.05) is 30.3 Å². The van der Waals surface area contributed by atoms with E-state index in [9.17, 15) is 9.59 Å². The third kappa shape index (κ3) is 2.69. The molecule has 0 atom stereocenters. The van der Waals surface area contributed by atoms with Crippen molar-refractivity contribution in [3.05, 3.63) is 65.7 Å². The van der Waals surface area contributed by atoms with Crippen molar-refractivity contribution in [1.29, 1.82) is 0 Å². The lowest BCUT2D eigenvalue weighted by atomic mass is 10.1. The molecule has 0 aliphatic heterocycles. The van der Waals surface area contributed by atoms with Crippen LogP contribution in [0.1, 0.15) is 20.7 Å². The Balaban J connectivity index is 2.37. The van der Waals surface area contributed by atoms with Crippen molar-refractivity contribution in [3.63, 3.8) is 0 Å². The smallest absolute Gasteiger partial charge is 0.339 e. The zero-order chi connectivity index (χ0) is 14.5. The molecular formula is C16H15NO3. The van der Waals surface area contributed by atoms with Gasteiger partial charge in [-0.25, -0.2) is 4.79 Å². The lowest BCUT2D eigenvalue weighted by molar-refractivity contribution is 0.0601. The Bertz CT molecular complexity index is 623. The Labute approximate surface area is 117 Å². The summed E-state index contributed by atoms with van der Waals surface area (Å²) in [5.74, 6) is -0.643. The molecule has 1 amide bonds. The first kappa shape index (κ1) is 13.8. The molecule has 0 N–H and O–H groups in total. The number of hydrogen-bond donors (Lipinski definition) is 0. The van der Waals surface area contributed by atoms with E-state index in [1.54, 1.807) is 55.6 Å². The SMILES string of the molecule is COC(=O)c1ccccc1N(C)C(=O)c1ccccc1. The molecule has 4 heteroatoms. The third-order valence-corrected chi connectivity index (χ3v) is 3.00. The average molecular weight is 269 g/mol. The summed E-state index contributed by atoms with van der Waals surface area (Å²) in [4.78, 5) is 25.6. The summed E-state index contributed by atoms with van der Waals surface area (Å²) in [6.07, 6.45) is 0. The fourth-order valence-electron chi connectivity index (χ4n) is 1.93. The predicted octanol–water partition coefficient (Wildman–Crippen LogP) is 2.75. The Morgan fingerprint density at radius 1 is 0.950 bits per heavy atom. The number of carbonyl (C=O) groups excluding carboxylic acids is 2. The summed E-state index contributed by atoms with van der Waals surface area (Å²) in [5.41, 5.74) is 1.45. The van der Waals surface area contributed by atoms with Crippen molar-refractivity contribution < 1.29 is 14.3 Å². The second kappa shape index (κ2) is 6.02. The summed E-state index contributed by atoms with van der Waals surface area (Å²) in [5, 5.41) is 0. The van der Waals surface area contributed by atoms with E-state index in [-0.39, 0.29) is 5.91 Å². The second-order valence-corrected chi connectivity index (χ2v) is 4.24. The molecule has 0 aromatic heterocycles. The van der Waals surface area contributed by atoms with Gasteiger partial charge in [-0.15, -0.1) is 0 Å². The summed E-state index contributed by atoms with van der Waals surface area (Å²) >= 11 is 0. The number of ether oxygens (including phenoxy) is 1. The number of para-hydroxylation sites is 1. The second-order valence-electron chi connectivity index (χ2n) is 4.24. The van der Waals surface area contributed by atoms with Gasteiger partial charge in [0.1, 0.15) is 0 Å². The molecule has 0 aliphatic carbocycles. The zero-order valence-electron chi connectivity index (χ0n) is 11.4. The fourth-order valence-corrected chi connectivity index (χ4v) is 1.93.